The Balaban J connectivity index is 2.90. The normalized spacial score (nSPS) is 10.1. The van der Waals surface area contributed by atoms with E-state index in [9.17, 15) is 8.78 Å². The summed E-state index contributed by atoms with van der Waals surface area (Å²) in [6, 6.07) is 3.49. The average molecular weight is 156 g/mol. The number of rotatable bonds is 2. The minimum absolute atomic E-state index is 0.298. The molecule has 1 aromatic rings. The van der Waals surface area contributed by atoms with Gasteiger partial charge in [0.25, 0.3) is 0 Å². The Morgan fingerprint density at radius 2 is 2.09 bits per heavy atom. The summed E-state index contributed by atoms with van der Waals surface area (Å²) < 4.78 is 25.1. The molecule has 0 bridgehead atoms. The van der Waals surface area contributed by atoms with Crippen LogP contribution in [0, 0.1) is 11.6 Å². The van der Waals surface area contributed by atoms with Crippen LogP contribution in [0.2, 0.25) is 0 Å². The topological polar surface area (TPSA) is 14.1 Å². The zero-order valence-corrected chi connectivity index (χ0v) is 6.14. The first-order valence-electron chi connectivity index (χ1n) is 3.23. The molecule has 0 amide bonds. The second kappa shape index (κ2) is 3.44. The van der Waals surface area contributed by atoms with Gasteiger partial charge in [-0.3, -0.25) is 0 Å². The Hall–Kier alpha value is -0.960. The van der Waals surface area contributed by atoms with Gasteiger partial charge in [0, 0.05) is 6.07 Å². The monoisotopic (exact) mass is 156 g/mol. The molecule has 0 spiro atoms. The molecule has 0 N–H and O–H groups in total. The van der Waals surface area contributed by atoms with Crippen molar-refractivity contribution in [2.75, 3.05) is 7.05 Å². The first-order valence-corrected chi connectivity index (χ1v) is 3.23. The van der Waals surface area contributed by atoms with Crippen LogP contribution < -0.4 is 0 Å². The lowest BCUT2D eigenvalue weighted by atomic mass is 10.2. The van der Waals surface area contributed by atoms with E-state index in [0.717, 1.165) is 6.07 Å². The Morgan fingerprint density at radius 1 is 1.36 bits per heavy atom. The van der Waals surface area contributed by atoms with Gasteiger partial charge in [-0.25, -0.2) is 8.78 Å². The van der Waals surface area contributed by atoms with Crippen LogP contribution in [-0.2, 0) is 6.54 Å². The highest BCUT2D eigenvalue weighted by Gasteiger charge is 1.97. The highest BCUT2D eigenvalue weighted by molar-refractivity contribution is 5.20. The van der Waals surface area contributed by atoms with Crippen LogP contribution in [0.5, 0.6) is 0 Å². The SMILES string of the molecule is C[N-]Cc1ccc(F)cc1F. The Labute approximate surface area is 64.0 Å². The molecule has 60 valence electrons. The quantitative estimate of drug-likeness (QED) is 0.624. The molecule has 1 aromatic carbocycles. The van der Waals surface area contributed by atoms with Crippen LogP contribution in [0.4, 0.5) is 8.78 Å². The van der Waals surface area contributed by atoms with E-state index in [4.69, 9.17) is 0 Å². The fraction of sp³-hybridized carbons (Fsp3) is 0.250. The molecule has 0 aromatic heterocycles. The van der Waals surface area contributed by atoms with Crippen molar-refractivity contribution in [1.82, 2.24) is 0 Å². The van der Waals surface area contributed by atoms with E-state index in [0.29, 0.717) is 12.1 Å². The molecular formula is C8H8F2N-. The van der Waals surface area contributed by atoms with Crippen LogP contribution in [0.1, 0.15) is 5.56 Å². The third kappa shape index (κ3) is 1.98. The van der Waals surface area contributed by atoms with Crippen LogP contribution in [0.3, 0.4) is 0 Å². The number of halogens is 2. The highest BCUT2D eigenvalue weighted by Crippen LogP contribution is 2.11. The molecule has 0 atom stereocenters. The standard InChI is InChI=1S/C8H8F2N/c1-11-5-6-2-3-7(9)4-8(6)10/h2-4H,5H2,1H3/q-1. The van der Waals surface area contributed by atoms with Gasteiger partial charge >= 0.3 is 0 Å². The summed E-state index contributed by atoms with van der Waals surface area (Å²) in [6.07, 6.45) is 0. The Morgan fingerprint density at radius 3 is 2.64 bits per heavy atom. The van der Waals surface area contributed by atoms with Crippen molar-refractivity contribution in [2.45, 2.75) is 6.54 Å². The number of hydrogen-bond acceptors (Lipinski definition) is 0. The van der Waals surface area contributed by atoms with Gasteiger partial charge in [0.2, 0.25) is 0 Å². The van der Waals surface area contributed by atoms with Gasteiger partial charge in [-0.1, -0.05) is 6.07 Å². The van der Waals surface area contributed by atoms with E-state index in [1.165, 1.54) is 12.1 Å². The second-order valence-electron chi connectivity index (χ2n) is 2.21. The van der Waals surface area contributed by atoms with Gasteiger partial charge in [0.15, 0.2) is 0 Å². The molecule has 1 nitrogen and oxygen atoms in total. The number of hydrogen-bond donors (Lipinski definition) is 0. The molecule has 0 heterocycles. The molecular weight excluding hydrogens is 148 g/mol. The molecule has 11 heavy (non-hydrogen) atoms. The van der Waals surface area contributed by atoms with Crippen LogP contribution >= 0.6 is 0 Å². The highest BCUT2D eigenvalue weighted by atomic mass is 19.1. The minimum Gasteiger partial charge on any atom is -0.661 e. The minimum atomic E-state index is -0.553. The van der Waals surface area contributed by atoms with Crippen molar-refractivity contribution in [3.05, 3.63) is 40.7 Å². The van der Waals surface area contributed by atoms with Crippen molar-refractivity contribution >= 4 is 0 Å². The van der Waals surface area contributed by atoms with Gasteiger partial charge in [0.05, 0.1) is 0 Å². The second-order valence-corrected chi connectivity index (χ2v) is 2.21. The third-order valence-electron chi connectivity index (χ3n) is 1.34. The van der Waals surface area contributed by atoms with E-state index in [1.54, 1.807) is 7.05 Å². The molecule has 0 aliphatic rings. The first kappa shape index (κ1) is 8.14. The Bertz CT molecular complexity index is 248. The molecule has 0 saturated carbocycles. The molecule has 1 rings (SSSR count). The molecule has 0 saturated heterocycles. The van der Waals surface area contributed by atoms with Crippen molar-refractivity contribution in [3.63, 3.8) is 0 Å². The Kier molecular flexibility index (Phi) is 2.54. The summed E-state index contributed by atoms with van der Waals surface area (Å²) in [6.45, 7) is 0.298. The zero-order valence-electron chi connectivity index (χ0n) is 6.14. The fourth-order valence-corrected chi connectivity index (χ4v) is 0.820. The van der Waals surface area contributed by atoms with Crippen LogP contribution in [-0.4, -0.2) is 7.05 Å². The zero-order chi connectivity index (χ0) is 8.27. The van der Waals surface area contributed by atoms with E-state index in [1.807, 2.05) is 0 Å². The largest absolute Gasteiger partial charge is 0.661 e. The lowest BCUT2D eigenvalue weighted by molar-refractivity contribution is 0.574. The maximum atomic E-state index is 12.7. The van der Waals surface area contributed by atoms with Gasteiger partial charge in [-0.2, -0.15) is 7.05 Å². The van der Waals surface area contributed by atoms with Gasteiger partial charge in [-0.15, -0.1) is 6.54 Å². The lowest BCUT2D eigenvalue weighted by Crippen LogP contribution is -1.89. The molecule has 0 unspecified atom stereocenters. The van der Waals surface area contributed by atoms with Crippen molar-refractivity contribution in [1.29, 1.82) is 0 Å². The maximum absolute atomic E-state index is 12.7. The van der Waals surface area contributed by atoms with Gasteiger partial charge in [-0.05, 0) is 11.6 Å². The molecule has 0 aliphatic heterocycles. The van der Waals surface area contributed by atoms with Crippen molar-refractivity contribution < 1.29 is 8.78 Å². The van der Waals surface area contributed by atoms with E-state index in [2.05, 4.69) is 5.32 Å². The van der Waals surface area contributed by atoms with E-state index in [-0.39, 0.29) is 0 Å². The lowest BCUT2D eigenvalue weighted by Gasteiger charge is -2.11. The summed E-state index contributed by atoms with van der Waals surface area (Å²) >= 11 is 0. The van der Waals surface area contributed by atoms with Crippen LogP contribution in [0.25, 0.3) is 5.32 Å². The smallest absolute Gasteiger partial charge is 0.127 e. The summed E-state index contributed by atoms with van der Waals surface area (Å²) in [5.74, 6) is -1.09. The first-order chi connectivity index (χ1) is 5.24. The molecule has 0 aliphatic carbocycles. The van der Waals surface area contributed by atoms with E-state index >= 15 is 0 Å². The summed E-state index contributed by atoms with van der Waals surface area (Å²) in [4.78, 5) is 0. The molecule has 0 fully saturated rings. The fourth-order valence-electron chi connectivity index (χ4n) is 0.820. The van der Waals surface area contributed by atoms with Crippen molar-refractivity contribution in [3.8, 4) is 0 Å². The summed E-state index contributed by atoms with van der Waals surface area (Å²) in [5.41, 5.74) is 0.425. The summed E-state index contributed by atoms with van der Waals surface area (Å²) in [7, 11) is 1.59. The van der Waals surface area contributed by atoms with Gasteiger partial charge in [0.1, 0.15) is 11.6 Å². The average Bonchev–Trinajstić information content (AvgIpc) is 1.95. The summed E-state index contributed by atoms with van der Waals surface area (Å²) in [5, 5.41) is 3.73. The van der Waals surface area contributed by atoms with Crippen molar-refractivity contribution in [2.24, 2.45) is 0 Å². The predicted octanol–water partition coefficient (Wildman–Crippen LogP) is 2.47. The third-order valence-corrected chi connectivity index (χ3v) is 1.34. The van der Waals surface area contributed by atoms with Gasteiger partial charge < -0.3 is 5.32 Å². The predicted molar refractivity (Wildman–Crippen MR) is 39.3 cm³/mol. The molecule has 3 heteroatoms. The maximum Gasteiger partial charge on any atom is 0.127 e. The van der Waals surface area contributed by atoms with E-state index < -0.39 is 11.6 Å². The number of benzene rings is 1. The van der Waals surface area contributed by atoms with Crippen LogP contribution in [0.15, 0.2) is 18.2 Å². The molecule has 0 radical (unpaired) electrons. The number of nitrogens with zero attached hydrogens (tertiary/aromatic N) is 1.